The van der Waals surface area contributed by atoms with Gasteiger partial charge in [-0.25, -0.2) is 0 Å². The van der Waals surface area contributed by atoms with Crippen molar-refractivity contribution in [2.45, 2.75) is 31.0 Å². The van der Waals surface area contributed by atoms with Gasteiger partial charge < -0.3 is 22.1 Å². The molecule has 1 aromatic carbocycles. The molecule has 1 saturated heterocycles. The Morgan fingerprint density at radius 1 is 1.30 bits per heavy atom. The van der Waals surface area contributed by atoms with Crippen molar-refractivity contribution in [2.75, 3.05) is 6.54 Å². The lowest BCUT2D eigenvalue weighted by molar-refractivity contribution is -0.138. The summed E-state index contributed by atoms with van der Waals surface area (Å²) in [5.41, 5.74) is 18.0. The fourth-order valence-corrected chi connectivity index (χ4v) is 2.55. The Labute approximate surface area is 117 Å². The first-order valence-corrected chi connectivity index (χ1v) is 6.64. The second kappa shape index (κ2) is 6.02. The zero-order valence-electron chi connectivity index (χ0n) is 11.2. The minimum absolute atomic E-state index is 0.222. The highest BCUT2D eigenvalue weighted by molar-refractivity contribution is 5.89. The second-order valence-electron chi connectivity index (χ2n) is 5.20. The molecule has 0 aromatic heterocycles. The van der Waals surface area contributed by atoms with Gasteiger partial charge in [-0.2, -0.15) is 0 Å². The molecule has 3 atom stereocenters. The predicted octanol–water partition coefficient (Wildman–Crippen LogP) is -1.03. The van der Waals surface area contributed by atoms with Crippen LogP contribution in [0.4, 0.5) is 0 Å². The summed E-state index contributed by atoms with van der Waals surface area (Å²) in [6.45, 7) is 0.328. The fourth-order valence-electron chi connectivity index (χ4n) is 2.55. The largest absolute Gasteiger partial charge is 0.368 e. The first-order valence-electron chi connectivity index (χ1n) is 6.64. The van der Waals surface area contributed by atoms with Crippen molar-refractivity contribution < 1.29 is 9.59 Å². The Kier molecular flexibility index (Phi) is 4.36. The SMILES string of the molecule is NC(=O)[C@@H]1C[C@@H](N)CN1C(=O)[C@H](N)Cc1ccccc1. The third-order valence-electron chi connectivity index (χ3n) is 3.56. The molecule has 108 valence electrons. The molecule has 20 heavy (non-hydrogen) atoms. The minimum atomic E-state index is -0.690. The van der Waals surface area contributed by atoms with Gasteiger partial charge in [-0.15, -0.1) is 0 Å². The van der Waals surface area contributed by atoms with Crippen molar-refractivity contribution in [2.24, 2.45) is 17.2 Å². The van der Waals surface area contributed by atoms with Crippen molar-refractivity contribution >= 4 is 11.8 Å². The molecule has 0 bridgehead atoms. The minimum Gasteiger partial charge on any atom is -0.368 e. The first-order chi connectivity index (χ1) is 9.49. The summed E-state index contributed by atoms with van der Waals surface area (Å²) in [6, 6.07) is 7.96. The molecule has 0 saturated carbocycles. The van der Waals surface area contributed by atoms with Gasteiger partial charge in [-0.3, -0.25) is 9.59 Å². The molecule has 0 aliphatic carbocycles. The number of benzene rings is 1. The summed E-state index contributed by atoms with van der Waals surface area (Å²) in [7, 11) is 0. The quantitative estimate of drug-likeness (QED) is 0.652. The van der Waals surface area contributed by atoms with Crippen LogP contribution >= 0.6 is 0 Å². The molecule has 0 unspecified atom stereocenters. The van der Waals surface area contributed by atoms with Crippen LogP contribution in [0.2, 0.25) is 0 Å². The van der Waals surface area contributed by atoms with Crippen LogP contribution in [0.1, 0.15) is 12.0 Å². The van der Waals surface area contributed by atoms with E-state index in [2.05, 4.69) is 0 Å². The van der Waals surface area contributed by atoms with Gasteiger partial charge >= 0.3 is 0 Å². The van der Waals surface area contributed by atoms with E-state index in [1.54, 1.807) is 0 Å². The number of hydrogen-bond acceptors (Lipinski definition) is 4. The van der Waals surface area contributed by atoms with E-state index in [0.29, 0.717) is 19.4 Å². The van der Waals surface area contributed by atoms with Crippen molar-refractivity contribution in [1.82, 2.24) is 4.90 Å². The van der Waals surface area contributed by atoms with Crippen molar-refractivity contribution in [1.29, 1.82) is 0 Å². The second-order valence-corrected chi connectivity index (χ2v) is 5.20. The Balaban J connectivity index is 2.04. The van der Waals surface area contributed by atoms with Crippen LogP contribution in [0.15, 0.2) is 30.3 Å². The van der Waals surface area contributed by atoms with Crippen LogP contribution in [-0.2, 0) is 16.0 Å². The van der Waals surface area contributed by atoms with Crippen LogP contribution in [0.25, 0.3) is 0 Å². The zero-order chi connectivity index (χ0) is 14.7. The number of carbonyl (C=O) groups excluding carboxylic acids is 2. The molecule has 1 aromatic rings. The van der Waals surface area contributed by atoms with Crippen LogP contribution in [0.3, 0.4) is 0 Å². The lowest BCUT2D eigenvalue weighted by Gasteiger charge is -2.25. The van der Waals surface area contributed by atoms with E-state index in [9.17, 15) is 9.59 Å². The first kappa shape index (κ1) is 14.5. The molecular weight excluding hydrogens is 256 g/mol. The highest BCUT2D eigenvalue weighted by Crippen LogP contribution is 2.18. The zero-order valence-corrected chi connectivity index (χ0v) is 11.2. The van der Waals surface area contributed by atoms with Crippen LogP contribution in [0.5, 0.6) is 0 Å². The fraction of sp³-hybridized carbons (Fsp3) is 0.429. The molecule has 1 fully saturated rings. The Bertz CT molecular complexity index is 491. The number of hydrogen-bond donors (Lipinski definition) is 3. The van der Waals surface area contributed by atoms with E-state index in [0.717, 1.165) is 5.56 Å². The number of primary amides is 1. The molecule has 1 heterocycles. The van der Waals surface area contributed by atoms with Crippen LogP contribution in [-0.4, -0.2) is 41.4 Å². The van der Waals surface area contributed by atoms with Gasteiger partial charge in [0.05, 0.1) is 6.04 Å². The average Bonchev–Trinajstić information content (AvgIpc) is 2.81. The molecule has 0 radical (unpaired) electrons. The van der Waals surface area contributed by atoms with Crippen molar-refractivity contribution in [3.63, 3.8) is 0 Å². The average molecular weight is 276 g/mol. The van der Waals surface area contributed by atoms with Gasteiger partial charge in [-0.05, 0) is 18.4 Å². The third kappa shape index (κ3) is 3.15. The number of carbonyl (C=O) groups is 2. The monoisotopic (exact) mass is 276 g/mol. The molecule has 6 nitrogen and oxygen atoms in total. The summed E-state index contributed by atoms with van der Waals surface area (Å²) < 4.78 is 0. The number of amides is 2. The van der Waals surface area contributed by atoms with Crippen LogP contribution in [0, 0.1) is 0 Å². The van der Waals surface area contributed by atoms with E-state index in [1.165, 1.54) is 4.90 Å². The molecule has 6 N–H and O–H groups in total. The molecule has 2 amide bonds. The number of likely N-dealkylation sites (tertiary alicyclic amines) is 1. The Hall–Kier alpha value is -1.92. The number of nitrogens with two attached hydrogens (primary N) is 3. The molecule has 6 heteroatoms. The van der Waals surface area contributed by atoms with E-state index >= 15 is 0 Å². The highest BCUT2D eigenvalue weighted by Gasteiger charge is 2.38. The Morgan fingerprint density at radius 2 is 1.95 bits per heavy atom. The summed E-state index contributed by atoms with van der Waals surface area (Å²) >= 11 is 0. The molecule has 1 aliphatic heterocycles. The molecule has 0 spiro atoms. The summed E-state index contributed by atoms with van der Waals surface area (Å²) in [4.78, 5) is 25.1. The maximum atomic E-state index is 12.3. The van der Waals surface area contributed by atoms with E-state index < -0.39 is 18.0 Å². The van der Waals surface area contributed by atoms with Gasteiger partial charge in [-0.1, -0.05) is 30.3 Å². The van der Waals surface area contributed by atoms with Crippen LogP contribution < -0.4 is 17.2 Å². The van der Waals surface area contributed by atoms with Gasteiger partial charge in [0.2, 0.25) is 11.8 Å². The number of rotatable bonds is 4. The van der Waals surface area contributed by atoms with Crippen molar-refractivity contribution in [3.8, 4) is 0 Å². The molecule has 1 aliphatic rings. The van der Waals surface area contributed by atoms with Gasteiger partial charge in [0.1, 0.15) is 6.04 Å². The highest BCUT2D eigenvalue weighted by atomic mass is 16.2. The summed E-state index contributed by atoms with van der Waals surface area (Å²) in [6.07, 6.45) is 0.829. The van der Waals surface area contributed by atoms with Gasteiger partial charge in [0, 0.05) is 12.6 Å². The molecule has 2 rings (SSSR count). The maximum absolute atomic E-state index is 12.3. The van der Waals surface area contributed by atoms with Gasteiger partial charge in [0.15, 0.2) is 0 Å². The van der Waals surface area contributed by atoms with E-state index in [1.807, 2.05) is 30.3 Å². The summed E-state index contributed by atoms with van der Waals surface area (Å²) in [5.74, 6) is -0.802. The van der Waals surface area contributed by atoms with E-state index in [-0.39, 0.29) is 11.9 Å². The summed E-state index contributed by atoms with van der Waals surface area (Å²) in [5, 5.41) is 0. The predicted molar refractivity (Wildman–Crippen MR) is 75.4 cm³/mol. The van der Waals surface area contributed by atoms with Gasteiger partial charge in [0.25, 0.3) is 0 Å². The van der Waals surface area contributed by atoms with Crippen molar-refractivity contribution in [3.05, 3.63) is 35.9 Å². The topological polar surface area (TPSA) is 115 Å². The lowest BCUT2D eigenvalue weighted by atomic mass is 10.1. The third-order valence-corrected chi connectivity index (χ3v) is 3.56. The Morgan fingerprint density at radius 3 is 2.55 bits per heavy atom. The standard InChI is InChI=1S/C14H20N4O2/c15-10-7-12(13(17)19)18(8-10)14(20)11(16)6-9-4-2-1-3-5-9/h1-5,10-12H,6-8,15-16H2,(H2,17,19)/t10-,11-,12+/m1/s1. The maximum Gasteiger partial charge on any atom is 0.240 e. The molecular formula is C14H20N4O2. The van der Waals surface area contributed by atoms with E-state index in [4.69, 9.17) is 17.2 Å². The number of nitrogens with zero attached hydrogens (tertiary/aromatic N) is 1. The smallest absolute Gasteiger partial charge is 0.240 e. The normalized spacial score (nSPS) is 23.6. The lowest BCUT2D eigenvalue weighted by Crippen LogP contribution is -2.51.